The van der Waals surface area contributed by atoms with Crippen LogP contribution in [0.25, 0.3) is 0 Å². The van der Waals surface area contributed by atoms with Crippen LogP contribution in [-0.2, 0) is 26.6 Å². The summed E-state index contributed by atoms with van der Waals surface area (Å²) in [6, 6.07) is 8.36. The normalized spacial score (nSPS) is 19.3. The number of esters is 1. The highest BCUT2D eigenvalue weighted by Gasteiger charge is 2.42. The van der Waals surface area contributed by atoms with Gasteiger partial charge in [-0.2, -0.15) is 4.31 Å². The number of aryl methyl sites for hydroxylation is 1. The Hall–Kier alpha value is -3.05. The van der Waals surface area contributed by atoms with Crippen molar-refractivity contribution in [3.05, 3.63) is 42.2 Å². The van der Waals surface area contributed by atoms with Crippen LogP contribution < -0.4 is 9.64 Å². The van der Waals surface area contributed by atoms with Gasteiger partial charge in [0, 0.05) is 51.7 Å². The Labute approximate surface area is 199 Å². The summed E-state index contributed by atoms with van der Waals surface area (Å²) in [5.74, 6) is 0.00419. The Morgan fingerprint density at radius 3 is 2.29 bits per heavy atom. The molecule has 0 radical (unpaired) electrons. The second-order valence-electron chi connectivity index (χ2n) is 8.45. The first-order valence-electron chi connectivity index (χ1n) is 11.2. The van der Waals surface area contributed by atoms with Crippen molar-refractivity contribution in [2.75, 3.05) is 51.8 Å². The first kappa shape index (κ1) is 24.1. The standard InChI is InChI=1S/C23H30N4O6S/c1-24-16-19(15-21(24)23(29)33-3)34(30,31)27-10-4-5-20(27)22(28)26-13-11-25(12-14-26)17-6-8-18(32-2)9-7-17/h6-9,15-16,20H,4-5,10-14H2,1-3H3/t20-/m0/s1. The topological polar surface area (TPSA) is 101 Å². The maximum Gasteiger partial charge on any atom is 0.354 e. The molecule has 1 aromatic heterocycles. The van der Waals surface area contributed by atoms with Gasteiger partial charge in [-0.3, -0.25) is 4.79 Å². The zero-order valence-electron chi connectivity index (χ0n) is 19.6. The molecule has 184 valence electrons. The molecule has 2 aliphatic heterocycles. The van der Waals surface area contributed by atoms with Crippen molar-refractivity contribution < 1.29 is 27.5 Å². The highest BCUT2D eigenvalue weighted by Crippen LogP contribution is 2.29. The first-order valence-corrected chi connectivity index (χ1v) is 12.6. The summed E-state index contributed by atoms with van der Waals surface area (Å²) < 4.78 is 39.4. The number of hydrogen-bond acceptors (Lipinski definition) is 7. The van der Waals surface area contributed by atoms with E-state index >= 15 is 0 Å². The van der Waals surface area contributed by atoms with Crippen LogP contribution in [0.4, 0.5) is 5.69 Å². The van der Waals surface area contributed by atoms with Gasteiger partial charge in [0.1, 0.15) is 22.4 Å². The van der Waals surface area contributed by atoms with Crippen LogP contribution in [0.3, 0.4) is 0 Å². The van der Waals surface area contributed by atoms with Crippen molar-refractivity contribution >= 4 is 27.6 Å². The predicted molar refractivity (Wildman–Crippen MR) is 125 cm³/mol. The lowest BCUT2D eigenvalue weighted by atomic mass is 10.1. The molecule has 0 spiro atoms. The van der Waals surface area contributed by atoms with Gasteiger partial charge in [0.2, 0.25) is 15.9 Å². The lowest BCUT2D eigenvalue weighted by molar-refractivity contribution is -0.134. The van der Waals surface area contributed by atoms with E-state index in [1.54, 1.807) is 19.1 Å². The number of hydrogen-bond donors (Lipinski definition) is 0. The lowest BCUT2D eigenvalue weighted by Crippen LogP contribution is -2.54. The van der Waals surface area contributed by atoms with Gasteiger partial charge in [-0.1, -0.05) is 0 Å². The lowest BCUT2D eigenvalue weighted by Gasteiger charge is -2.38. The molecular weight excluding hydrogens is 460 g/mol. The molecule has 2 fully saturated rings. The number of rotatable bonds is 6. The van der Waals surface area contributed by atoms with Crippen molar-refractivity contribution in [3.8, 4) is 5.75 Å². The van der Waals surface area contributed by atoms with E-state index in [0.29, 0.717) is 39.0 Å². The molecule has 11 heteroatoms. The highest BCUT2D eigenvalue weighted by atomic mass is 32.2. The summed E-state index contributed by atoms with van der Waals surface area (Å²) in [7, 11) is 0.513. The third-order valence-corrected chi connectivity index (χ3v) is 8.37. The summed E-state index contributed by atoms with van der Waals surface area (Å²) in [6.07, 6.45) is 2.47. The van der Waals surface area contributed by atoms with Crippen molar-refractivity contribution in [1.29, 1.82) is 0 Å². The molecule has 0 aliphatic carbocycles. The summed E-state index contributed by atoms with van der Waals surface area (Å²) in [4.78, 5) is 29.2. The van der Waals surface area contributed by atoms with Gasteiger partial charge >= 0.3 is 5.97 Å². The van der Waals surface area contributed by atoms with Crippen LogP contribution >= 0.6 is 0 Å². The summed E-state index contributed by atoms with van der Waals surface area (Å²) in [6.45, 7) is 2.64. The molecule has 2 saturated heterocycles. The molecule has 3 heterocycles. The molecule has 0 N–H and O–H groups in total. The molecule has 0 saturated carbocycles. The summed E-state index contributed by atoms with van der Waals surface area (Å²) in [5.41, 5.74) is 1.20. The Morgan fingerprint density at radius 1 is 1.00 bits per heavy atom. The second kappa shape index (κ2) is 9.67. The van der Waals surface area contributed by atoms with E-state index in [-0.39, 0.29) is 23.0 Å². The Morgan fingerprint density at radius 2 is 1.68 bits per heavy atom. The number of sulfonamides is 1. The number of ether oxygens (including phenoxy) is 2. The van der Waals surface area contributed by atoms with E-state index in [1.807, 2.05) is 24.3 Å². The van der Waals surface area contributed by atoms with Crippen LogP contribution in [0.5, 0.6) is 5.75 Å². The first-order chi connectivity index (χ1) is 16.3. The smallest absolute Gasteiger partial charge is 0.354 e. The van der Waals surface area contributed by atoms with Crippen molar-refractivity contribution in [3.63, 3.8) is 0 Å². The van der Waals surface area contributed by atoms with Crippen LogP contribution in [0.2, 0.25) is 0 Å². The minimum atomic E-state index is -3.94. The number of methoxy groups -OCH3 is 2. The van der Waals surface area contributed by atoms with Gasteiger partial charge in [0.05, 0.1) is 14.2 Å². The SMILES string of the molecule is COC(=O)c1cc(S(=O)(=O)N2CCC[C@H]2C(=O)N2CCN(c3ccc(OC)cc3)CC2)cn1C. The fourth-order valence-corrected chi connectivity index (χ4v) is 6.30. The van der Waals surface area contributed by atoms with Crippen molar-refractivity contribution in [2.24, 2.45) is 7.05 Å². The number of aromatic nitrogens is 1. The molecule has 2 aromatic rings. The maximum atomic E-state index is 13.4. The van der Waals surface area contributed by atoms with E-state index in [2.05, 4.69) is 4.90 Å². The largest absolute Gasteiger partial charge is 0.497 e. The zero-order valence-corrected chi connectivity index (χ0v) is 20.5. The van der Waals surface area contributed by atoms with Gasteiger partial charge in [0.15, 0.2) is 0 Å². The fourth-order valence-electron chi connectivity index (χ4n) is 4.58. The van der Waals surface area contributed by atoms with Crippen molar-refractivity contribution in [1.82, 2.24) is 13.8 Å². The molecule has 1 amide bonds. The Bertz CT molecular complexity index is 1150. The van der Waals surface area contributed by atoms with E-state index in [4.69, 9.17) is 9.47 Å². The van der Waals surface area contributed by atoms with E-state index in [0.717, 1.165) is 11.4 Å². The van der Waals surface area contributed by atoms with Crippen LogP contribution in [0.15, 0.2) is 41.4 Å². The highest BCUT2D eigenvalue weighted by molar-refractivity contribution is 7.89. The quantitative estimate of drug-likeness (QED) is 0.563. The van der Waals surface area contributed by atoms with E-state index < -0.39 is 22.0 Å². The van der Waals surface area contributed by atoms with Crippen LogP contribution in [-0.4, -0.2) is 87.1 Å². The summed E-state index contributed by atoms with van der Waals surface area (Å²) in [5, 5.41) is 0. The number of anilines is 1. The number of carbonyl (C=O) groups excluding carboxylic acids is 2. The monoisotopic (exact) mass is 490 g/mol. The van der Waals surface area contributed by atoms with Gasteiger partial charge in [0.25, 0.3) is 0 Å². The number of carbonyl (C=O) groups is 2. The van der Waals surface area contributed by atoms with Crippen LogP contribution in [0, 0.1) is 0 Å². The number of amides is 1. The fraction of sp³-hybridized carbons (Fsp3) is 0.478. The molecule has 2 aliphatic rings. The molecule has 34 heavy (non-hydrogen) atoms. The predicted octanol–water partition coefficient (Wildman–Crippen LogP) is 1.32. The molecule has 0 bridgehead atoms. The minimum Gasteiger partial charge on any atom is -0.497 e. The molecule has 4 rings (SSSR count). The molecule has 0 unspecified atom stereocenters. The average molecular weight is 491 g/mol. The molecular formula is C23H30N4O6S. The Kier molecular flexibility index (Phi) is 6.85. The van der Waals surface area contributed by atoms with E-state index in [9.17, 15) is 18.0 Å². The molecule has 10 nitrogen and oxygen atoms in total. The number of piperazine rings is 1. The van der Waals surface area contributed by atoms with Gasteiger partial charge < -0.3 is 23.8 Å². The number of benzene rings is 1. The second-order valence-corrected chi connectivity index (χ2v) is 10.3. The third-order valence-electron chi connectivity index (χ3n) is 6.50. The minimum absolute atomic E-state index is 0.0144. The van der Waals surface area contributed by atoms with Gasteiger partial charge in [-0.15, -0.1) is 0 Å². The summed E-state index contributed by atoms with van der Waals surface area (Å²) >= 11 is 0. The van der Waals surface area contributed by atoms with Crippen molar-refractivity contribution in [2.45, 2.75) is 23.8 Å². The average Bonchev–Trinajstić information content (AvgIpc) is 3.51. The molecule has 1 aromatic carbocycles. The van der Waals surface area contributed by atoms with E-state index in [1.165, 1.54) is 28.2 Å². The van der Waals surface area contributed by atoms with Gasteiger partial charge in [-0.25, -0.2) is 13.2 Å². The third kappa shape index (κ3) is 4.49. The van der Waals surface area contributed by atoms with Crippen LogP contribution in [0.1, 0.15) is 23.3 Å². The number of nitrogens with zero attached hydrogens (tertiary/aromatic N) is 4. The zero-order chi connectivity index (χ0) is 24.5. The maximum absolute atomic E-state index is 13.4. The molecule has 1 atom stereocenters. The van der Waals surface area contributed by atoms with Gasteiger partial charge in [-0.05, 0) is 43.2 Å². The Balaban J connectivity index is 1.45.